The molecule has 3 heteroatoms. The van der Waals surface area contributed by atoms with E-state index in [0.29, 0.717) is 0 Å². The molecule has 0 saturated carbocycles. The molecule has 1 aliphatic heterocycles. The number of nitrogens with zero attached hydrogens (tertiary/aromatic N) is 1. The fraction of sp³-hybridized carbons (Fsp3) is 0.571. The third kappa shape index (κ3) is 3.05. The van der Waals surface area contributed by atoms with Gasteiger partial charge in [-0.25, -0.2) is 0 Å². The molecule has 94 valence electrons. The molecular formula is C14H22N2O. The first-order valence-electron chi connectivity index (χ1n) is 6.58. The second kappa shape index (κ2) is 5.80. The summed E-state index contributed by atoms with van der Waals surface area (Å²) in [5, 5.41) is 0. The standard InChI is InChI=1S/C14H22N2O/c1-2-10-17-12-6-7-13(15)14(11-12)16-8-4-3-5-9-16/h6-7,11H,2-5,8-10,15H2,1H3. The first kappa shape index (κ1) is 12.1. The predicted molar refractivity (Wildman–Crippen MR) is 72.7 cm³/mol. The smallest absolute Gasteiger partial charge is 0.121 e. The summed E-state index contributed by atoms with van der Waals surface area (Å²) >= 11 is 0. The van der Waals surface area contributed by atoms with Gasteiger partial charge in [-0.15, -0.1) is 0 Å². The molecule has 3 nitrogen and oxygen atoms in total. The summed E-state index contributed by atoms with van der Waals surface area (Å²) in [7, 11) is 0. The molecule has 2 N–H and O–H groups in total. The molecule has 2 rings (SSSR count). The molecule has 0 bridgehead atoms. The van der Waals surface area contributed by atoms with Crippen LogP contribution in [-0.2, 0) is 0 Å². The molecule has 1 saturated heterocycles. The third-order valence-corrected chi connectivity index (χ3v) is 3.17. The van der Waals surface area contributed by atoms with Crippen LogP contribution < -0.4 is 15.4 Å². The van der Waals surface area contributed by atoms with Crippen molar-refractivity contribution in [3.8, 4) is 5.75 Å². The molecule has 0 aromatic heterocycles. The second-order valence-electron chi connectivity index (χ2n) is 4.62. The molecule has 17 heavy (non-hydrogen) atoms. The van der Waals surface area contributed by atoms with Crippen LogP contribution in [0.3, 0.4) is 0 Å². The Kier molecular flexibility index (Phi) is 4.13. The van der Waals surface area contributed by atoms with E-state index in [9.17, 15) is 0 Å². The molecule has 1 aliphatic rings. The van der Waals surface area contributed by atoms with Gasteiger partial charge in [0.15, 0.2) is 0 Å². The van der Waals surface area contributed by atoms with Crippen LogP contribution >= 0.6 is 0 Å². The maximum Gasteiger partial charge on any atom is 0.121 e. The second-order valence-corrected chi connectivity index (χ2v) is 4.62. The minimum atomic E-state index is 0.767. The SMILES string of the molecule is CCCOc1ccc(N)c(N2CCCCC2)c1. The lowest BCUT2D eigenvalue weighted by atomic mass is 10.1. The maximum atomic E-state index is 6.05. The topological polar surface area (TPSA) is 38.5 Å². The van der Waals surface area contributed by atoms with Gasteiger partial charge in [-0.05, 0) is 37.8 Å². The average Bonchev–Trinajstić information content (AvgIpc) is 2.39. The molecule has 1 aromatic carbocycles. The molecule has 1 aromatic rings. The van der Waals surface area contributed by atoms with E-state index in [2.05, 4.69) is 17.9 Å². The minimum absolute atomic E-state index is 0.767. The number of anilines is 2. The molecule has 0 aliphatic carbocycles. The van der Waals surface area contributed by atoms with E-state index < -0.39 is 0 Å². The van der Waals surface area contributed by atoms with Crippen molar-refractivity contribution in [2.45, 2.75) is 32.6 Å². The zero-order chi connectivity index (χ0) is 12.1. The largest absolute Gasteiger partial charge is 0.494 e. The van der Waals surface area contributed by atoms with Crippen LogP contribution in [0.5, 0.6) is 5.75 Å². The zero-order valence-electron chi connectivity index (χ0n) is 10.6. The van der Waals surface area contributed by atoms with E-state index in [1.165, 1.54) is 19.3 Å². The van der Waals surface area contributed by atoms with Gasteiger partial charge in [0.25, 0.3) is 0 Å². The van der Waals surface area contributed by atoms with Gasteiger partial charge in [0.2, 0.25) is 0 Å². The number of nitrogens with two attached hydrogens (primary N) is 1. The lowest BCUT2D eigenvalue weighted by Crippen LogP contribution is -2.30. The third-order valence-electron chi connectivity index (χ3n) is 3.17. The highest BCUT2D eigenvalue weighted by Gasteiger charge is 2.14. The van der Waals surface area contributed by atoms with Crippen LogP contribution in [0.15, 0.2) is 18.2 Å². The van der Waals surface area contributed by atoms with E-state index in [4.69, 9.17) is 10.5 Å². The fourth-order valence-corrected chi connectivity index (χ4v) is 2.24. The van der Waals surface area contributed by atoms with Gasteiger partial charge in [-0.1, -0.05) is 6.92 Å². The Morgan fingerprint density at radius 3 is 2.71 bits per heavy atom. The van der Waals surface area contributed by atoms with E-state index in [1.807, 2.05) is 12.1 Å². The highest BCUT2D eigenvalue weighted by Crippen LogP contribution is 2.30. The van der Waals surface area contributed by atoms with Gasteiger partial charge < -0.3 is 15.4 Å². The lowest BCUT2D eigenvalue weighted by Gasteiger charge is -2.30. The normalized spacial score (nSPS) is 15.9. The van der Waals surface area contributed by atoms with Gasteiger partial charge in [0.05, 0.1) is 18.0 Å². The molecule has 1 fully saturated rings. The van der Waals surface area contributed by atoms with E-state index >= 15 is 0 Å². The van der Waals surface area contributed by atoms with Crippen LogP contribution in [0.4, 0.5) is 11.4 Å². The highest BCUT2D eigenvalue weighted by atomic mass is 16.5. The Morgan fingerprint density at radius 2 is 2.00 bits per heavy atom. The van der Waals surface area contributed by atoms with E-state index in [-0.39, 0.29) is 0 Å². The summed E-state index contributed by atoms with van der Waals surface area (Å²) in [6.07, 6.45) is 4.89. The van der Waals surface area contributed by atoms with Crippen LogP contribution in [0.2, 0.25) is 0 Å². The fourth-order valence-electron chi connectivity index (χ4n) is 2.24. The summed E-state index contributed by atoms with van der Waals surface area (Å²) in [5.74, 6) is 0.932. The Morgan fingerprint density at radius 1 is 1.24 bits per heavy atom. The van der Waals surface area contributed by atoms with Crippen molar-refractivity contribution < 1.29 is 4.74 Å². The Hall–Kier alpha value is -1.38. The lowest BCUT2D eigenvalue weighted by molar-refractivity contribution is 0.317. The first-order valence-corrected chi connectivity index (χ1v) is 6.58. The summed E-state index contributed by atoms with van der Waals surface area (Å²) in [6.45, 7) is 5.11. The molecule has 1 heterocycles. The number of hydrogen-bond donors (Lipinski definition) is 1. The van der Waals surface area contributed by atoms with Gasteiger partial charge in [-0.3, -0.25) is 0 Å². The molecule has 0 amide bonds. The van der Waals surface area contributed by atoms with Crippen molar-refractivity contribution in [3.63, 3.8) is 0 Å². The number of hydrogen-bond acceptors (Lipinski definition) is 3. The van der Waals surface area contributed by atoms with E-state index in [1.54, 1.807) is 0 Å². The van der Waals surface area contributed by atoms with Crippen molar-refractivity contribution in [2.75, 3.05) is 30.3 Å². The molecule has 0 spiro atoms. The van der Waals surface area contributed by atoms with Gasteiger partial charge in [0.1, 0.15) is 5.75 Å². The molecular weight excluding hydrogens is 212 g/mol. The zero-order valence-corrected chi connectivity index (χ0v) is 10.6. The van der Waals surface area contributed by atoms with Crippen molar-refractivity contribution in [3.05, 3.63) is 18.2 Å². The summed E-state index contributed by atoms with van der Waals surface area (Å²) in [6, 6.07) is 5.99. The molecule has 0 radical (unpaired) electrons. The van der Waals surface area contributed by atoms with Crippen LogP contribution in [0.25, 0.3) is 0 Å². The summed E-state index contributed by atoms with van der Waals surface area (Å²) in [5.41, 5.74) is 8.05. The summed E-state index contributed by atoms with van der Waals surface area (Å²) < 4.78 is 5.66. The van der Waals surface area contributed by atoms with Gasteiger partial charge in [0, 0.05) is 19.2 Å². The van der Waals surface area contributed by atoms with Crippen LogP contribution in [0.1, 0.15) is 32.6 Å². The number of ether oxygens (including phenoxy) is 1. The minimum Gasteiger partial charge on any atom is -0.494 e. The maximum absolute atomic E-state index is 6.05. The number of piperidine rings is 1. The number of rotatable bonds is 4. The quantitative estimate of drug-likeness (QED) is 0.814. The Balaban J connectivity index is 2.13. The average molecular weight is 234 g/mol. The molecule has 0 unspecified atom stereocenters. The number of benzene rings is 1. The van der Waals surface area contributed by atoms with Gasteiger partial charge in [-0.2, -0.15) is 0 Å². The number of nitrogen functional groups attached to an aromatic ring is 1. The van der Waals surface area contributed by atoms with Crippen molar-refractivity contribution >= 4 is 11.4 Å². The predicted octanol–water partition coefficient (Wildman–Crippen LogP) is 3.05. The Bertz CT molecular complexity index is 359. The van der Waals surface area contributed by atoms with Crippen LogP contribution in [0, 0.1) is 0 Å². The monoisotopic (exact) mass is 234 g/mol. The van der Waals surface area contributed by atoms with Crippen molar-refractivity contribution in [1.82, 2.24) is 0 Å². The first-order chi connectivity index (χ1) is 8.31. The van der Waals surface area contributed by atoms with Crippen molar-refractivity contribution in [2.24, 2.45) is 0 Å². The van der Waals surface area contributed by atoms with E-state index in [0.717, 1.165) is 43.2 Å². The van der Waals surface area contributed by atoms with Gasteiger partial charge >= 0.3 is 0 Å². The van der Waals surface area contributed by atoms with Crippen molar-refractivity contribution in [1.29, 1.82) is 0 Å². The Labute approximate surface area is 104 Å². The highest BCUT2D eigenvalue weighted by molar-refractivity contribution is 5.69. The molecule has 0 atom stereocenters. The van der Waals surface area contributed by atoms with Crippen LogP contribution in [-0.4, -0.2) is 19.7 Å². The summed E-state index contributed by atoms with van der Waals surface area (Å²) in [4.78, 5) is 2.37.